The Hall–Kier alpha value is -1.23. The van der Waals surface area contributed by atoms with Crippen LogP contribution in [0.2, 0.25) is 0 Å². The number of nitrogen functional groups attached to an aromatic ring is 1. The molecule has 4 nitrogen and oxygen atoms in total. The lowest BCUT2D eigenvalue weighted by atomic mass is 10.2. The lowest BCUT2D eigenvalue weighted by molar-refractivity contribution is 0.0529. The van der Waals surface area contributed by atoms with E-state index in [1.165, 1.54) is 6.20 Å². The first-order valence-electron chi connectivity index (χ1n) is 4.53. The zero-order valence-electron chi connectivity index (χ0n) is 8.82. The Balaban J connectivity index is 2.68. The molecule has 0 aliphatic heterocycles. The number of anilines is 1. The highest BCUT2D eigenvalue weighted by Gasteiger charge is 2.11. The summed E-state index contributed by atoms with van der Waals surface area (Å²) in [6, 6.07) is 1.59. The predicted molar refractivity (Wildman–Crippen MR) is 62.1 cm³/mol. The molecule has 0 radical (unpaired) electrons. The summed E-state index contributed by atoms with van der Waals surface area (Å²) in [5.74, 6) is 0.432. The van der Waals surface area contributed by atoms with Crippen LogP contribution in [0.15, 0.2) is 12.3 Å². The van der Waals surface area contributed by atoms with Crippen LogP contribution in [0.5, 0.6) is 0 Å². The molecule has 0 saturated heterocycles. The first kappa shape index (κ1) is 11.8. The molecule has 1 aromatic rings. The van der Waals surface area contributed by atoms with Crippen molar-refractivity contribution in [3.05, 3.63) is 23.5 Å². The summed E-state index contributed by atoms with van der Waals surface area (Å²) < 4.78 is 5.05. The number of hydrogen-bond donors (Lipinski definition) is 1. The van der Waals surface area contributed by atoms with E-state index in [2.05, 4.69) is 4.98 Å². The minimum atomic E-state index is -0.360. The number of aryl methyl sites for hydroxylation is 1. The van der Waals surface area contributed by atoms with Crippen molar-refractivity contribution in [1.29, 1.82) is 0 Å². The molecule has 5 heteroatoms. The van der Waals surface area contributed by atoms with Crippen molar-refractivity contribution < 1.29 is 9.53 Å². The maximum atomic E-state index is 11.6. The maximum absolute atomic E-state index is 11.6. The van der Waals surface area contributed by atoms with Crippen molar-refractivity contribution in [2.24, 2.45) is 0 Å². The second kappa shape index (κ2) is 5.60. The minimum absolute atomic E-state index is 0.360. The molecule has 0 aromatic carbocycles. The zero-order chi connectivity index (χ0) is 11.3. The molecule has 0 spiro atoms. The molecule has 0 fully saturated rings. The molecule has 0 aliphatic carbocycles. The third-order valence-electron chi connectivity index (χ3n) is 1.85. The molecule has 0 atom stereocenters. The SMILES string of the molecule is CSCCOC(=O)c1cc(N)cnc1C. The summed E-state index contributed by atoms with van der Waals surface area (Å²) in [7, 11) is 0. The van der Waals surface area contributed by atoms with E-state index in [4.69, 9.17) is 10.5 Å². The average molecular weight is 226 g/mol. The molecule has 0 aliphatic rings. The smallest absolute Gasteiger partial charge is 0.340 e. The van der Waals surface area contributed by atoms with Crippen LogP contribution in [-0.4, -0.2) is 29.6 Å². The van der Waals surface area contributed by atoms with Gasteiger partial charge in [0.2, 0.25) is 0 Å². The Morgan fingerprint density at radius 1 is 1.67 bits per heavy atom. The Bertz CT molecular complexity index is 355. The molecule has 15 heavy (non-hydrogen) atoms. The number of ether oxygens (including phenoxy) is 1. The highest BCUT2D eigenvalue weighted by atomic mass is 32.2. The van der Waals surface area contributed by atoms with E-state index in [0.717, 1.165) is 5.75 Å². The Kier molecular flexibility index (Phi) is 4.42. The molecule has 2 N–H and O–H groups in total. The highest BCUT2D eigenvalue weighted by Crippen LogP contribution is 2.11. The summed E-state index contributed by atoms with van der Waals surface area (Å²) in [5.41, 5.74) is 7.09. The minimum Gasteiger partial charge on any atom is -0.461 e. The quantitative estimate of drug-likeness (QED) is 0.622. The van der Waals surface area contributed by atoms with Crippen molar-refractivity contribution >= 4 is 23.4 Å². The summed E-state index contributed by atoms with van der Waals surface area (Å²) >= 11 is 1.63. The largest absolute Gasteiger partial charge is 0.461 e. The van der Waals surface area contributed by atoms with Gasteiger partial charge in [-0.1, -0.05) is 0 Å². The number of nitrogens with two attached hydrogens (primary N) is 1. The first-order chi connectivity index (χ1) is 7.15. The van der Waals surface area contributed by atoms with E-state index in [-0.39, 0.29) is 5.97 Å². The molecule has 1 rings (SSSR count). The van der Waals surface area contributed by atoms with Crippen LogP contribution in [0.1, 0.15) is 16.1 Å². The fourth-order valence-electron chi connectivity index (χ4n) is 1.05. The van der Waals surface area contributed by atoms with Gasteiger partial charge in [-0.25, -0.2) is 4.79 Å². The second-order valence-corrected chi connectivity index (χ2v) is 4.02. The Morgan fingerprint density at radius 2 is 2.40 bits per heavy atom. The first-order valence-corrected chi connectivity index (χ1v) is 5.92. The molecule has 0 bridgehead atoms. The average Bonchev–Trinajstić information content (AvgIpc) is 2.22. The van der Waals surface area contributed by atoms with Crippen molar-refractivity contribution in [2.75, 3.05) is 24.3 Å². The molecular weight excluding hydrogens is 212 g/mol. The molecule has 0 saturated carbocycles. The van der Waals surface area contributed by atoms with Crippen molar-refractivity contribution in [2.45, 2.75) is 6.92 Å². The zero-order valence-corrected chi connectivity index (χ0v) is 9.63. The fourth-order valence-corrected chi connectivity index (χ4v) is 1.30. The maximum Gasteiger partial charge on any atom is 0.340 e. The van der Waals surface area contributed by atoms with Crippen molar-refractivity contribution in [1.82, 2.24) is 4.98 Å². The van der Waals surface area contributed by atoms with Crippen molar-refractivity contribution in [3.63, 3.8) is 0 Å². The van der Waals surface area contributed by atoms with Gasteiger partial charge in [0, 0.05) is 5.75 Å². The number of rotatable bonds is 4. The Labute approximate surface area is 93.2 Å². The number of hydrogen-bond acceptors (Lipinski definition) is 5. The van der Waals surface area contributed by atoms with Gasteiger partial charge in [-0.2, -0.15) is 11.8 Å². The second-order valence-electron chi connectivity index (χ2n) is 3.03. The monoisotopic (exact) mass is 226 g/mol. The predicted octanol–water partition coefficient (Wildman–Crippen LogP) is 1.49. The molecule has 0 unspecified atom stereocenters. The molecule has 1 heterocycles. The van der Waals surface area contributed by atoms with Gasteiger partial charge in [0.1, 0.15) is 6.61 Å². The lowest BCUT2D eigenvalue weighted by Gasteiger charge is -2.06. The van der Waals surface area contributed by atoms with Crippen LogP contribution in [0, 0.1) is 6.92 Å². The lowest BCUT2D eigenvalue weighted by Crippen LogP contribution is -2.10. The van der Waals surface area contributed by atoms with Gasteiger partial charge in [0.25, 0.3) is 0 Å². The van der Waals surface area contributed by atoms with Crippen LogP contribution in [0.25, 0.3) is 0 Å². The van der Waals surface area contributed by atoms with E-state index in [0.29, 0.717) is 23.6 Å². The number of thioether (sulfide) groups is 1. The van der Waals surface area contributed by atoms with Crippen LogP contribution in [-0.2, 0) is 4.74 Å². The number of aromatic nitrogens is 1. The topological polar surface area (TPSA) is 65.2 Å². The molecule has 1 aromatic heterocycles. The third kappa shape index (κ3) is 3.43. The van der Waals surface area contributed by atoms with E-state index < -0.39 is 0 Å². The number of carbonyl (C=O) groups is 1. The molecule has 0 amide bonds. The normalized spacial score (nSPS) is 10.0. The van der Waals surface area contributed by atoms with Gasteiger partial charge >= 0.3 is 5.97 Å². The van der Waals surface area contributed by atoms with Crippen LogP contribution >= 0.6 is 11.8 Å². The van der Waals surface area contributed by atoms with Gasteiger partial charge < -0.3 is 10.5 Å². The summed E-state index contributed by atoms with van der Waals surface area (Å²) in [6.45, 7) is 2.17. The van der Waals surface area contributed by atoms with Crippen molar-refractivity contribution in [3.8, 4) is 0 Å². The molecule has 82 valence electrons. The Morgan fingerprint density at radius 3 is 3.07 bits per heavy atom. The highest BCUT2D eigenvalue weighted by molar-refractivity contribution is 7.98. The van der Waals surface area contributed by atoms with E-state index in [1.807, 2.05) is 6.26 Å². The number of esters is 1. The molecular formula is C10H14N2O2S. The summed E-state index contributed by atoms with van der Waals surface area (Å²) in [5, 5.41) is 0. The fraction of sp³-hybridized carbons (Fsp3) is 0.400. The van der Waals surface area contributed by atoms with E-state index in [9.17, 15) is 4.79 Å². The summed E-state index contributed by atoms with van der Waals surface area (Å²) in [4.78, 5) is 15.6. The van der Waals surface area contributed by atoms with E-state index >= 15 is 0 Å². The standard InChI is InChI=1S/C10H14N2O2S/c1-7-9(5-8(11)6-12-7)10(13)14-3-4-15-2/h5-6H,3-4,11H2,1-2H3. The van der Waals surface area contributed by atoms with Crippen LogP contribution in [0.4, 0.5) is 5.69 Å². The number of carbonyl (C=O) groups excluding carboxylic acids is 1. The van der Waals surface area contributed by atoms with Gasteiger partial charge in [0.05, 0.1) is 23.1 Å². The van der Waals surface area contributed by atoms with Gasteiger partial charge in [0.15, 0.2) is 0 Å². The van der Waals surface area contributed by atoms with Gasteiger partial charge in [-0.05, 0) is 19.2 Å². The third-order valence-corrected chi connectivity index (χ3v) is 2.42. The van der Waals surface area contributed by atoms with Gasteiger partial charge in [-0.15, -0.1) is 0 Å². The van der Waals surface area contributed by atoms with Gasteiger partial charge in [-0.3, -0.25) is 4.98 Å². The number of nitrogens with zero attached hydrogens (tertiary/aromatic N) is 1. The van der Waals surface area contributed by atoms with Crippen LogP contribution in [0.3, 0.4) is 0 Å². The van der Waals surface area contributed by atoms with Crippen LogP contribution < -0.4 is 5.73 Å². The summed E-state index contributed by atoms with van der Waals surface area (Å²) in [6.07, 6.45) is 3.48. The number of pyridine rings is 1. The van der Waals surface area contributed by atoms with E-state index in [1.54, 1.807) is 24.8 Å².